The molecule has 0 unspecified atom stereocenters. The monoisotopic (exact) mass is 344 g/mol. The predicted octanol–water partition coefficient (Wildman–Crippen LogP) is 3.18. The number of benzene rings is 1. The Morgan fingerprint density at radius 3 is 2.81 bits per heavy atom. The molecule has 0 radical (unpaired) electrons. The molecular formula is C21H20N4O. The number of nitrogens with zero attached hydrogens (tertiary/aromatic N) is 3. The van der Waals surface area contributed by atoms with Crippen molar-refractivity contribution in [3.63, 3.8) is 0 Å². The first-order valence-electron chi connectivity index (χ1n) is 8.73. The first-order chi connectivity index (χ1) is 12.6. The van der Waals surface area contributed by atoms with Crippen LogP contribution < -0.4 is 10.6 Å². The second-order valence-corrected chi connectivity index (χ2v) is 6.86. The van der Waals surface area contributed by atoms with Crippen LogP contribution in [0.2, 0.25) is 0 Å². The van der Waals surface area contributed by atoms with Gasteiger partial charge in [0.2, 0.25) is 5.91 Å². The minimum Gasteiger partial charge on any atom is -0.369 e. The number of hydrogen-bond acceptors (Lipinski definition) is 3. The number of hydrogen-bond donors (Lipinski definition) is 1. The molecule has 5 heteroatoms. The number of pyridine rings is 1. The number of nitriles is 1. The average molecular weight is 344 g/mol. The molecule has 0 saturated heterocycles. The Balaban J connectivity index is 1.78. The maximum Gasteiger partial charge on any atom is 0.225 e. The van der Waals surface area contributed by atoms with Gasteiger partial charge in [0.25, 0.3) is 0 Å². The van der Waals surface area contributed by atoms with Crippen LogP contribution in [0.4, 0.5) is 5.69 Å². The van der Waals surface area contributed by atoms with Gasteiger partial charge in [0.1, 0.15) is 6.07 Å². The Morgan fingerprint density at radius 2 is 2.04 bits per heavy atom. The number of nitrogens with two attached hydrogens (primary N) is 1. The summed E-state index contributed by atoms with van der Waals surface area (Å²) >= 11 is 0. The van der Waals surface area contributed by atoms with Gasteiger partial charge in [-0.1, -0.05) is 24.3 Å². The number of aromatic nitrogens is 1. The third kappa shape index (κ3) is 2.51. The van der Waals surface area contributed by atoms with Gasteiger partial charge in [-0.15, -0.1) is 0 Å². The number of carbonyl (C=O) groups excluding carboxylic acids is 1. The lowest BCUT2D eigenvalue weighted by Gasteiger charge is -2.40. The molecule has 26 heavy (non-hydrogen) atoms. The highest BCUT2D eigenvalue weighted by atomic mass is 16.1. The topological polar surface area (TPSA) is 74.5 Å². The van der Waals surface area contributed by atoms with E-state index in [1.165, 1.54) is 0 Å². The normalized spacial score (nSPS) is 19.2. The summed E-state index contributed by atoms with van der Waals surface area (Å²) in [4.78, 5) is 14.2. The van der Waals surface area contributed by atoms with Gasteiger partial charge < -0.3 is 15.0 Å². The molecule has 130 valence electrons. The Labute approximate surface area is 152 Å². The highest BCUT2D eigenvalue weighted by molar-refractivity contribution is 5.85. The zero-order valence-electron chi connectivity index (χ0n) is 14.6. The van der Waals surface area contributed by atoms with Crippen molar-refractivity contribution in [1.29, 1.82) is 5.26 Å². The van der Waals surface area contributed by atoms with Gasteiger partial charge >= 0.3 is 0 Å². The van der Waals surface area contributed by atoms with E-state index in [2.05, 4.69) is 17.9 Å². The second kappa shape index (κ2) is 6.23. The van der Waals surface area contributed by atoms with Crippen LogP contribution in [0.3, 0.4) is 0 Å². The summed E-state index contributed by atoms with van der Waals surface area (Å²) in [7, 11) is 0. The highest BCUT2D eigenvalue weighted by Crippen LogP contribution is 2.39. The Hall–Kier alpha value is -3.26. The molecular weight excluding hydrogens is 324 g/mol. The number of carbonyl (C=O) groups is 1. The summed E-state index contributed by atoms with van der Waals surface area (Å²) < 4.78 is 1.99. The van der Waals surface area contributed by atoms with Gasteiger partial charge in [-0.3, -0.25) is 4.79 Å². The lowest BCUT2D eigenvalue weighted by Crippen LogP contribution is -2.41. The standard InChI is InChI=1S/C21H20N4O/c1-14-10-17(21(23)26)16-6-2-3-8-20(16)25(14)13-15-12-24-9-5-4-7-19(24)18(15)11-22/h2-9,12,14,17H,10,13H2,1H3,(H2,23,26)/t14-,17+/m1/s1. The quantitative estimate of drug-likeness (QED) is 0.793. The van der Waals surface area contributed by atoms with E-state index < -0.39 is 0 Å². The maximum atomic E-state index is 11.9. The van der Waals surface area contributed by atoms with Crippen molar-refractivity contribution in [1.82, 2.24) is 4.40 Å². The molecule has 5 nitrogen and oxygen atoms in total. The lowest BCUT2D eigenvalue weighted by atomic mass is 9.85. The molecule has 0 saturated carbocycles. The Kier molecular flexibility index (Phi) is 3.89. The van der Waals surface area contributed by atoms with Gasteiger partial charge in [-0.2, -0.15) is 5.26 Å². The van der Waals surface area contributed by atoms with E-state index in [0.717, 1.165) is 22.3 Å². The number of primary amides is 1. The fourth-order valence-electron chi connectivity index (χ4n) is 4.00. The molecule has 1 aromatic carbocycles. The lowest BCUT2D eigenvalue weighted by molar-refractivity contribution is -0.119. The molecule has 3 aromatic rings. The average Bonchev–Trinajstić information content (AvgIpc) is 3.00. The third-order valence-electron chi connectivity index (χ3n) is 5.29. The maximum absolute atomic E-state index is 11.9. The first-order valence-corrected chi connectivity index (χ1v) is 8.73. The van der Waals surface area contributed by atoms with Crippen molar-refractivity contribution in [2.45, 2.75) is 31.8 Å². The third-order valence-corrected chi connectivity index (χ3v) is 5.29. The van der Waals surface area contributed by atoms with Gasteiger partial charge in [-0.05, 0) is 37.1 Å². The summed E-state index contributed by atoms with van der Waals surface area (Å²) in [6.07, 6.45) is 4.65. The van der Waals surface area contributed by atoms with Gasteiger partial charge in [0.15, 0.2) is 0 Å². The summed E-state index contributed by atoms with van der Waals surface area (Å²) in [5.41, 5.74) is 10.2. The largest absolute Gasteiger partial charge is 0.369 e. The van der Waals surface area contributed by atoms with Crippen molar-refractivity contribution >= 4 is 17.1 Å². The summed E-state index contributed by atoms with van der Waals surface area (Å²) in [5, 5.41) is 9.67. The Bertz CT molecular complexity index is 1030. The van der Waals surface area contributed by atoms with Crippen LogP contribution in [-0.4, -0.2) is 16.3 Å². The summed E-state index contributed by atoms with van der Waals surface area (Å²) in [6.45, 7) is 2.72. The minimum absolute atomic E-state index is 0.150. The molecule has 0 fully saturated rings. The van der Waals surface area contributed by atoms with Gasteiger partial charge in [-0.25, -0.2) is 0 Å². The zero-order chi connectivity index (χ0) is 18.3. The smallest absolute Gasteiger partial charge is 0.225 e. The van der Waals surface area contributed by atoms with Crippen LogP contribution in [0.1, 0.15) is 36.0 Å². The molecule has 1 amide bonds. The van der Waals surface area contributed by atoms with Crippen LogP contribution in [0.15, 0.2) is 54.9 Å². The van der Waals surface area contributed by atoms with Crippen molar-refractivity contribution in [2.75, 3.05) is 4.90 Å². The molecule has 2 atom stereocenters. The molecule has 0 bridgehead atoms. The predicted molar refractivity (Wildman–Crippen MR) is 101 cm³/mol. The molecule has 1 aliphatic rings. The van der Waals surface area contributed by atoms with Crippen molar-refractivity contribution in [2.24, 2.45) is 5.73 Å². The van der Waals surface area contributed by atoms with Crippen LogP contribution >= 0.6 is 0 Å². The van der Waals surface area contributed by atoms with E-state index in [0.29, 0.717) is 18.5 Å². The van der Waals surface area contributed by atoms with Crippen LogP contribution in [0, 0.1) is 11.3 Å². The van der Waals surface area contributed by atoms with Crippen LogP contribution in [0.25, 0.3) is 5.52 Å². The number of anilines is 1. The molecule has 0 aliphatic carbocycles. The molecule has 4 rings (SSSR count). The molecule has 3 heterocycles. The van der Waals surface area contributed by atoms with Crippen LogP contribution in [-0.2, 0) is 11.3 Å². The minimum atomic E-state index is -0.281. The zero-order valence-corrected chi connectivity index (χ0v) is 14.6. The van der Waals surface area contributed by atoms with E-state index in [1.807, 2.05) is 59.3 Å². The van der Waals surface area contributed by atoms with Gasteiger partial charge in [0, 0.05) is 36.2 Å². The summed E-state index contributed by atoms with van der Waals surface area (Å²) in [5.74, 6) is -0.544. The highest BCUT2D eigenvalue weighted by Gasteiger charge is 2.33. The van der Waals surface area contributed by atoms with E-state index >= 15 is 0 Å². The fraction of sp³-hybridized carbons (Fsp3) is 0.238. The van der Waals surface area contributed by atoms with E-state index in [4.69, 9.17) is 5.73 Å². The number of amides is 1. The molecule has 2 aromatic heterocycles. The number of fused-ring (bicyclic) bond motifs is 2. The van der Waals surface area contributed by atoms with Crippen LogP contribution in [0.5, 0.6) is 0 Å². The molecule has 0 spiro atoms. The van der Waals surface area contributed by atoms with Crippen molar-refractivity contribution in [3.8, 4) is 6.07 Å². The Morgan fingerprint density at radius 1 is 1.27 bits per heavy atom. The van der Waals surface area contributed by atoms with Crippen molar-refractivity contribution < 1.29 is 4.79 Å². The first kappa shape index (κ1) is 16.2. The SMILES string of the molecule is C[C@@H]1C[C@H](C(N)=O)c2ccccc2N1Cc1cn2ccccc2c1C#N. The molecule has 2 N–H and O–H groups in total. The van der Waals surface area contributed by atoms with E-state index in [1.54, 1.807) is 0 Å². The van der Waals surface area contributed by atoms with E-state index in [9.17, 15) is 10.1 Å². The van der Waals surface area contributed by atoms with Gasteiger partial charge in [0.05, 0.1) is 17.0 Å². The van der Waals surface area contributed by atoms with E-state index in [-0.39, 0.29) is 17.9 Å². The van der Waals surface area contributed by atoms with Crippen molar-refractivity contribution in [3.05, 3.63) is 71.5 Å². The summed E-state index contributed by atoms with van der Waals surface area (Å²) in [6, 6.07) is 16.3. The fourth-order valence-corrected chi connectivity index (χ4v) is 4.00. The number of para-hydroxylation sites is 1. The molecule has 1 aliphatic heterocycles. The second-order valence-electron chi connectivity index (χ2n) is 6.86. The number of rotatable bonds is 3.